The van der Waals surface area contributed by atoms with Gasteiger partial charge in [0.2, 0.25) is 0 Å². The van der Waals surface area contributed by atoms with Gasteiger partial charge in [-0.1, -0.05) is 66.7 Å². The standard InChI is InChI=1S/C19H16O2/c1-13(19(20)21)14-9-11-16(12-10-14)18-8-4-6-15-5-2-3-7-17(15)18/h2-13H,1H3,(H,20,21). The van der Waals surface area contributed by atoms with Crippen molar-refractivity contribution in [2.45, 2.75) is 12.8 Å². The Kier molecular flexibility index (Phi) is 3.44. The first-order valence-electron chi connectivity index (χ1n) is 6.98. The van der Waals surface area contributed by atoms with E-state index in [2.05, 4.69) is 24.3 Å². The van der Waals surface area contributed by atoms with Gasteiger partial charge in [-0.2, -0.15) is 0 Å². The molecule has 104 valence electrons. The first-order valence-corrected chi connectivity index (χ1v) is 6.98. The van der Waals surface area contributed by atoms with Gasteiger partial charge in [-0.15, -0.1) is 0 Å². The first kappa shape index (κ1) is 13.4. The number of fused-ring (bicyclic) bond motifs is 1. The summed E-state index contributed by atoms with van der Waals surface area (Å²) in [5.74, 6) is -1.28. The zero-order valence-electron chi connectivity index (χ0n) is 11.8. The van der Waals surface area contributed by atoms with E-state index in [1.165, 1.54) is 16.3 Å². The van der Waals surface area contributed by atoms with Crippen molar-refractivity contribution in [3.8, 4) is 11.1 Å². The molecule has 2 heteroatoms. The van der Waals surface area contributed by atoms with Crippen LogP contribution in [0.15, 0.2) is 66.7 Å². The molecule has 21 heavy (non-hydrogen) atoms. The quantitative estimate of drug-likeness (QED) is 0.753. The van der Waals surface area contributed by atoms with Crippen molar-refractivity contribution in [3.05, 3.63) is 72.3 Å². The number of carboxylic acid groups (broad SMARTS) is 1. The van der Waals surface area contributed by atoms with Crippen LogP contribution in [0.5, 0.6) is 0 Å². The van der Waals surface area contributed by atoms with E-state index in [0.29, 0.717) is 0 Å². The molecule has 0 bridgehead atoms. The maximum absolute atomic E-state index is 11.0. The number of benzene rings is 3. The summed E-state index contributed by atoms with van der Waals surface area (Å²) in [6, 6.07) is 22.3. The average Bonchev–Trinajstić information content (AvgIpc) is 2.53. The SMILES string of the molecule is CC(C(=O)O)c1ccc(-c2cccc3ccccc23)cc1. The van der Waals surface area contributed by atoms with Gasteiger partial charge in [-0.3, -0.25) is 4.79 Å². The minimum absolute atomic E-state index is 0.480. The highest BCUT2D eigenvalue weighted by Crippen LogP contribution is 2.29. The van der Waals surface area contributed by atoms with Crippen molar-refractivity contribution in [1.29, 1.82) is 0 Å². The molecule has 0 heterocycles. The Hall–Kier alpha value is -2.61. The zero-order chi connectivity index (χ0) is 14.8. The lowest BCUT2D eigenvalue weighted by Crippen LogP contribution is -2.06. The fourth-order valence-corrected chi connectivity index (χ4v) is 2.57. The number of aliphatic carboxylic acids is 1. The van der Waals surface area contributed by atoms with Gasteiger partial charge in [0.15, 0.2) is 0 Å². The van der Waals surface area contributed by atoms with Gasteiger partial charge in [-0.05, 0) is 34.4 Å². The molecule has 0 aliphatic carbocycles. The van der Waals surface area contributed by atoms with Gasteiger partial charge in [0.05, 0.1) is 5.92 Å². The second-order valence-electron chi connectivity index (χ2n) is 5.21. The van der Waals surface area contributed by atoms with Crippen LogP contribution in [0, 0.1) is 0 Å². The number of hydrogen-bond donors (Lipinski definition) is 1. The molecule has 0 spiro atoms. The van der Waals surface area contributed by atoms with Crippen LogP contribution in [0.4, 0.5) is 0 Å². The van der Waals surface area contributed by atoms with E-state index >= 15 is 0 Å². The Balaban J connectivity index is 2.06. The predicted octanol–water partition coefficient (Wildman–Crippen LogP) is 4.69. The molecule has 3 aromatic carbocycles. The summed E-state index contributed by atoms with van der Waals surface area (Å²) in [5, 5.41) is 11.5. The van der Waals surface area contributed by atoms with Gasteiger partial charge in [0, 0.05) is 0 Å². The van der Waals surface area contributed by atoms with Crippen molar-refractivity contribution in [2.24, 2.45) is 0 Å². The zero-order valence-corrected chi connectivity index (χ0v) is 11.8. The molecule has 0 aromatic heterocycles. The molecule has 1 atom stereocenters. The van der Waals surface area contributed by atoms with Crippen LogP contribution in [0.25, 0.3) is 21.9 Å². The van der Waals surface area contributed by atoms with Crippen LogP contribution in [-0.4, -0.2) is 11.1 Å². The second-order valence-corrected chi connectivity index (χ2v) is 5.21. The van der Waals surface area contributed by atoms with E-state index in [-0.39, 0.29) is 0 Å². The molecule has 0 saturated heterocycles. The van der Waals surface area contributed by atoms with E-state index in [1.807, 2.05) is 42.5 Å². The fourth-order valence-electron chi connectivity index (χ4n) is 2.57. The third kappa shape index (κ3) is 2.52. The van der Waals surface area contributed by atoms with Crippen molar-refractivity contribution >= 4 is 16.7 Å². The topological polar surface area (TPSA) is 37.3 Å². The van der Waals surface area contributed by atoms with E-state index in [0.717, 1.165) is 11.1 Å². The van der Waals surface area contributed by atoms with E-state index in [1.54, 1.807) is 6.92 Å². The summed E-state index contributed by atoms with van der Waals surface area (Å²) in [7, 11) is 0. The van der Waals surface area contributed by atoms with Crippen LogP contribution in [0.3, 0.4) is 0 Å². The molecule has 0 saturated carbocycles. The average molecular weight is 276 g/mol. The van der Waals surface area contributed by atoms with Crippen molar-refractivity contribution < 1.29 is 9.90 Å². The molecule has 3 aromatic rings. The molecule has 1 unspecified atom stereocenters. The molecule has 3 rings (SSSR count). The lowest BCUT2D eigenvalue weighted by Gasteiger charge is -2.10. The minimum Gasteiger partial charge on any atom is -0.481 e. The van der Waals surface area contributed by atoms with Gasteiger partial charge >= 0.3 is 5.97 Å². The second kappa shape index (κ2) is 5.41. The highest BCUT2D eigenvalue weighted by molar-refractivity contribution is 5.96. The van der Waals surface area contributed by atoms with Gasteiger partial charge in [0.1, 0.15) is 0 Å². The normalized spacial score (nSPS) is 12.2. The van der Waals surface area contributed by atoms with Crippen LogP contribution >= 0.6 is 0 Å². The number of hydrogen-bond acceptors (Lipinski definition) is 1. The van der Waals surface area contributed by atoms with Gasteiger partial charge in [0.25, 0.3) is 0 Å². The lowest BCUT2D eigenvalue weighted by atomic mass is 9.95. The smallest absolute Gasteiger partial charge is 0.310 e. The molecule has 0 fully saturated rings. The predicted molar refractivity (Wildman–Crippen MR) is 85.4 cm³/mol. The number of carboxylic acids is 1. The van der Waals surface area contributed by atoms with Gasteiger partial charge in [-0.25, -0.2) is 0 Å². The van der Waals surface area contributed by atoms with Crippen LogP contribution in [0.2, 0.25) is 0 Å². The molecule has 0 aliphatic rings. The Bertz CT molecular complexity index is 783. The molecule has 2 nitrogen and oxygen atoms in total. The Labute approximate surface area is 123 Å². The minimum atomic E-state index is -0.798. The molecular formula is C19H16O2. The van der Waals surface area contributed by atoms with E-state index in [4.69, 9.17) is 5.11 Å². The number of rotatable bonds is 3. The summed E-state index contributed by atoms with van der Waals surface area (Å²) < 4.78 is 0. The largest absolute Gasteiger partial charge is 0.481 e. The Morgan fingerprint density at radius 2 is 1.57 bits per heavy atom. The highest BCUT2D eigenvalue weighted by Gasteiger charge is 2.13. The molecular weight excluding hydrogens is 260 g/mol. The monoisotopic (exact) mass is 276 g/mol. The maximum atomic E-state index is 11.0. The summed E-state index contributed by atoms with van der Waals surface area (Å²) in [5.41, 5.74) is 3.10. The van der Waals surface area contributed by atoms with Crippen LogP contribution in [0.1, 0.15) is 18.4 Å². The Morgan fingerprint density at radius 1 is 0.905 bits per heavy atom. The van der Waals surface area contributed by atoms with Gasteiger partial charge < -0.3 is 5.11 Å². The van der Waals surface area contributed by atoms with Crippen molar-refractivity contribution in [3.63, 3.8) is 0 Å². The van der Waals surface area contributed by atoms with Crippen LogP contribution in [-0.2, 0) is 4.79 Å². The first-order chi connectivity index (χ1) is 10.2. The lowest BCUT2D eigenvalue weighted by molar-refractivity contribution is -0.138. The third-order valence-electron chi connectivity index (χ3n) is 3.88. The summed E-state index contributed by atoms with van der Waals surface area (Å²) in [6.45, 7) is 1.70. The van der Waals surface area contributed by atoms with E-state index in [9.17, 15) is 4.79 Å². The number of carbonyl (C=O) groups is 1. The maximum Gasteiger partial charge on any atom is 0.310 e. The van der Waals surface area contributed by atoms with Crippen molar-refractivity contribution in [1.82, 2.24) is 0 Å². The summed E-state index contributed by atoms with van der Waals surface area (Å²) in [6.07, 6.45) is 0. The third-order valence-corrected chi connectivity index (χ3v) is 3.88. The Morgan fingerprint density at radius 3 is 2.29 bits per heavy atom. The van der Waals surface area contributed by atoms with E-state index < -0.39 is 11.9 Å². The molecule has 0 radical (unpaired) electrons. The summed E-state index contributed by atoms with van der Waals surface area (Å²) in [4.78, 5) is 11.0. The molecule has 0 aliphatic heterocycles. The molecule has 1 N–H and O–H groups in total. The van der Waals surface area contributed by atoms with Crippen molar-refractivity contribution in [2.75, 3.05) is 0 Å². The fraction of sp³-hybridized carbons (Fsp3) is 0.105. The summed E-state index contributed by atoms with van der Waals surface area (Å²) >= 11 is 0. The molecule has 0 amide bonds. The highest BCUT2D eigenvalue weighted by atomic mass is 16.4. The van der Waals surface area contributed by atoms with Crippen LogP contribution < -0.4 is 0 Å².